The first-order valence-corrected chi connectivity index (χ1v) is 7.45. The fraction of sp³-hybridized carbons (Fsp3) is 0.538. The van der Waals surface area contributed by atoms with Crippen LogP contribution in [0.1, 0.15) is 0 Å². The summed E-state index contributed by atoms with van der Waals surface area (Å²) in [6, 6.07) is 5.04. The highest BCUT2D eigenvalue weighted by atomic mass is 79.9. The van der Waals surface area contributed by atoms with Crippen molar-refractivity contribution in [2.75, 3.05) is 51.2 Å². The van der Waals surface area contributed by atoms with E-state index in [9.17, 15) is 10.1 Å². The molecule has 0 aromatic heterocycles. The number of hydrogen-bond acceptors (Lipinski definition) is 5. The molecule has 1 heterocycles. The summed E-state index contributed by atoms with van der Waals surface area (Å²) in [5.41, 5.74) is 0.801. The van der Waals surface area contributed by atoms with Crippen LogP contribution >= 0.6 is 15.9 Å². The number of likely N-dealkylation sites (N-methyl/N-ethyl adjacent to an activating group) is 1. The summed E-state index contributed by atoms with van der Waals surface area (Å²) in [5, 5.41) is 14.4. The van der Waals surface area contributed by atoms with Gasteiger partial charge in [-0.05, 0) is 12.1 Å². The number of nitrogens with zero attached hydrogens (tertiary/aromatic N) is 3. The van der Waals surface area contributed by atoms with Crippen molar-refractivity contribution in [2.24, 2.45) is 0 Å². The Labute approximate surface area is 127 Å². The summed E-state index contributed by atoms with van der Waals surface area (Å²) in [7, 11) is 1.90. The number of nitro groups is 1. The summed E-state index contributed by atoms with van der Waals surface area (Å²) >= 11 is 3.37. The maximum absolute atomic E-state index is 11.1. The van der Waals surface area contributed by atoms with Crippen LogP contribution < -0.4 is 10.2 Å². The number of halogens is 1. The van der Waals surface area contributed by atoms with Crippen LogP contribution in [0.25, 0.3) is 0 Å². The van der Waals surface area contributed by atoms with E-state index in [-0.39, 0.29) is 10.6 Å². The molecule has 6 nitrogen and oxygen atoms in total. The van der Waals surface area contributed by atoms with Crippen LogP contribution in [0.15, 0.2) is 22.7 Å². The third kappa shape index (κ3) is 3.91. The van der Waals surface area contributed by atoms with Crippen molar-refractivity contribution in [1.82, 2.24) is 10.2 Å². The third-order valence-corrected chi connectivity index (χ3v) is 4.00. The van der Waals surface area contributed by atoms with Gasteiger partial charge in [0.15, 0.2) is 0 Å². The lowest BCUT2D eigenvalue weighted by Crippen LogP contribution is -2.46. The third-order valence-electron chi connectivity index (χ3n) is 3.51. The van der Waals surface area contributed by atoms with Crippen molar-refractivity contribution in [3.05, 3.63) is 32.8 Å². The van der Waals surface area contributed by atoms with Gasteiger partial charge in [-0.2, -0.15) is 0 Å². The van der Waals surface area contributed by atoms with E-state index in [1.54, 1.807) is 18.2 Å². The molecule has 1 aliphatic heterocycles. The zero-order valence-corrected chi connectivity index (χ0v) is 13.1. The van der Waals surface area contributed by atoms with Gasteiger partial charge in [0.1, 0.15) is 5.69 Å². The SMILES string of the molecule is CN(CCN1CCNCC1)c1cc(Br)ccc1[N+](=O)[O-]. The summed E-state index contributed by atoms with van der Waals surface area (Å²) in [6.45, 7) is 5.80. The molecule has 1 N–H and O–H groups in total. The molecule has 0 bridgehead atoms. The van der Waals surface area contributed by atoms with Crippen molar-refractivity contribution < 1.29 is 4.92 Å². The number of benzene rings is 1. The van der Waals surface area contributed by atoms with E-state index in [1.807, 2.05) is 11.9 Å². The average Bonchev–Trinajstić information content (AvgIpc) is 2.45. The number of hydrogen-bond donors (Lipinski definition) is 1. The summed E-state index contributed by atoms with van der Waals surface area (Å²) in [6.07, 6.45) is 0. The van der Waals surface area contributed by atoms with Crippen LogP contribution in [0, 0.1) is 10.1 Å². The summed E-state index contributed by atoms with van der Waals surface area (Å²) in [4.78, 5) is 15.1. The van der Waals surface area contributed by atoms with Gasteiger partial charge >= 0.3 is 0 Å². The van der Waals surface area contributed by atoms with E-state index >= 15 is 0 Å². The molecule has 0 atom stereocenters. The lowest BCUT2D eigenvalue weighted by Gasteiger charge is -2.29. The van der Waals surface area contributed by atoms with Gasteiger partial charge in [0.05, 0.1) is 4.92 Å². The smallest absolute Gasteiger partial charge is 0.292 e. The number of piperazine rings is 1. The molecule has 1 fully saturated rings. The van der Waals surface area contributed by atoms with Crippen molar-refractivity contribution in [3.8, 4) is 0 Å². The largest absolute Gasteiger partial charge is 0.368 e. The molecule has 110 valence electrons. The molecule has 0 aliphatic carbocycles. The maximum Gasteiger partial charge on any atom is 0.292 e. The number of anilines is 1. The molecule has 1 saturated heterocycles. The molecule has 1 aromatic rings. The number of nitrogens with one attached hydrogen (secondary N) is 1. The first kappa shape index (κ1) is 15.2. The van der Waals surface area contributed by atoms with E-state index in [4.69, 9.17) is 0 Å². The lowest BCUT2D eigenvalue weighted by atomic mass is 10.2. The Morgan fingerprint density at radius 3 is 2.80 bits per heavy atom. The van der Waals surface area contributed by atoms with E-state index in [0.29, 0.717) is 5.69 Å². The Bertz CT molecular complexity index is 477. The highest BCUT2D eigenvalue weighted by Crippen LogP contribution is 2.30. The monoisotopic (exact) mass is 342 g/mol. The van der Waals surface area contributed by atoms with Crippen LogP contribution in [0.2, 0.25) is 0 Å². The minimum atomic E-state index is -0.330. The second-order valence-corrected chi connectivity index (χ2v) is 5.82. The summed E-state index contributed by atoms with van der Waals surface area (Å²) in [5.74, 6) is 0. The van der Waals surface area contributed by atoms with E-state index in [1.165, 1.54) is 0 Å². The van der Waals surface area contributed by atoms with Crippen LogP contribution in [0.3, 0.4) is 0 Å². The Balaban J connectivity index is 2.02. The Hall–Kier alpha value is -1.18. The molecule has 0 saturated carbocycles. The zero-order valence-electron chi connectivity index (χ0n) is 11.5. The molecule has 7 heteroatoms. The molecule has 0 amide bonds. The average molecular weight is 343 g/mol. The normalized spacial score (nSPS) is 16.1. The molecular formula is C13H19BrN4O2. The van der Waals surface area contributed by atoms with Crippen LogP contribution in [0.4, 0.5) is 11.4 Å². The molecule has 0 spiro atoms. The van der Waals surface area contributed by atoms with Crippen molar-refractivity contribution in [2.45, 2.75) is 0 Å². The quantitative estimate of drug-likeness (QED) is 0.651. The van der Waals surface area contributed by atoms with Crippen molar-refractivity contribution >= 4 is 27.3 Å². The predicted octanol–water partition coefficient (Wildman–Crippen LogP) is 1.70. The van der Waals surface area contributed by atoms with Crippen molar-refractivity contribution in [1.29, 1.82) is 0 Å². The topological polar surface area (TPSA) is 61.6 Å². The van der Waals surface area contributed by atoms with Crippen LogP contribution in [0.5, 0.6) is 0 Å². The number of nitro benzene ring substituents is 1. The van der Waals surface area contributed by atoms with E-state index < -0.39 is 0 Å². The molecule has 1 aromatic carbocycles. The van der Waals surface area contributed by atoms with E-state index in [2.05, 4.69) is 26.1 Å². The lowest BCUT2D eigenvalue weighted by molar-refractivity contribution is -0.384. The van der Waals surface area contributed by atoms with Gasteiger partial charge < -0.3 is 10.2 Å². The van der Waals surface area contributed by atoms with Gasteiger partial charge in [0.25, 0.3) is 5.69 Å². The number of rotatable bonds is 5. The molecule has 2 rings (SSSR count). The second kappa shape index (κ2) is 7.01. The first-order valence-electron chi connectivity index (χ1n) is 6.66. The van der Waals surface area contributed by atoms with E-state index in [0.717, 1.165) is 43.7 Å². The Morgan fingerprint density at radius 2 is 2.15 bits per heavy atom. The molecule has 1 aliphatic rings. The highest BCUT2D eigenvalue weighted by molar-refractivity contribution is 9.10. The Morgan fingerprint density at radius 1 is 1.45 bits per heavy atom. The summed E-state index contributed by atoms with van der Waals surface area (Å²) < 4.78 is 0.854. The van der Waals surface area contributed by atoms with Crippen LogP contribution in [-0.4, -0.2) is 56.1 Å². The molecular weight excluding hydrogens is 324 g/mol. The minimum Gasteiger partial charge on any atom is -0.368 e. The fourth-order valence-electron chi connectivity index (χ4n) is 2.30. The van der Waals surface area contributed by atoms with Gasteiger partial charge in [-0.3, -0.25) is 15.0 Å². The predicted molar refractivity (Wildman–Crippen MR) is 83.4 cm³/mol. The van der Waals surface area contributed by atoms with Gasteiger partial charge in [0, 0.05) is 56.9 Å². The van der Waals surface area contributed by atoms with Crippen molar-refractivity contribution in [3.63, 3.8) is 0 Å². The minimum absolute atomic E-state index is 0.149. The Kier molecular flexibility index (Phi) is 5.33. The van der Waals surface area contributed by atoms with Gasteiger partial charge in [-0.15, -0.1) is 0 Å². The van der Waals surface area contributed by atoms with Crippen LogP contribution in [-0.2, 0) is 0 Å². The van der Waals surface area contributed by atoms with Gasteiger partial charge in [-0.25, -0.2) is 0 Å². The van der Waals surface area contributed by atoms with Gasteiger partial charge in [-0.1, -0.05) is 15.9 Å². The molecule has 20 heavy (non-hydrogen) atoms. The molecule has 0 radical (unpaired) electrons. The fourth-order valence-corrected chi connectivity index (χ4v) is 2.65. The highest BCUT2D eigenvalue weighted by Gasteiger charge is 2.18. The molecule has 0 unspecified atom stereocenters. The second-order valence-electron chi connectivity index (χ2n) is 4.90. The maximum atomic E-state index is 11.1. The standard InChI is InChI=1S/C13H19BrN4O2/c1-16(8-9-17-6-4-15-5-7-17)13-10-11(14)2-3-12(13)18(19)20/h2-3,10,15H,4-9H2,1H3. The zero-order chi connectivity index (χ0) is 14.5. The van der Waals surface area contributed by atoms with Gasteiger partial charge in [0.2, 0.25) is 0 Å². The first-order chi connectivity index (χ1) is 9.58.